The van der Waals surface area contributed by atoms with Crippen LogP contribution >= 0.6 is 11.6 Å². The molecule has 1 amide bonds. The zero-order valence-corrected chi connectivity index (χ0v) is 18.9. The number of carbonyl (C=O) groups excluding carboxylic acids is 1. The summed E-state index contributed by atoms with van der Waals surface area (Å²) in [5, 5.41) is 7.57. The smallest absolute Gasteiger partial charge is 0.257 e. The average molecular weight is 459 g/mol. The van der Waals surface area contributed by atoms with E-state index in [1.807, 2.05) is 37.3 Å². The number of para-hydroxylation sites is 1. The number of carbonyl (C=O) groups is 1. The summed E-state index contributed by atoms with van der Waals surface area (Å²) >= 11 is 6.26. The minimum absolute atomic E-state index is 0.0670. The number of anilines is 1. The van der Waals surface area contributed by atoms with Crippen LogP contribution in [0.25, 0.3) is 5.69 Å². The lowest BCUT2D eigenvalue weighted by atomic mass is 10.2. The third-order valence-electron chi connectivity index (χ3n) is 5.42. The van der Waals surface area contributed by atoms with Crippen molar-refractivity contribution in [1.29, 1.82) is 0 Å². The Balaban J connectivity index is 1.65. The molecule has 2 heterocycles. The number of amides is 1. The van der Waals surface area contributed by atoms with Crippen molar-refractivity contribution >= 4 is 33.2 Å². The van der Waals surface area contributed by atoms with E-state index in [4.69, 9.17) is 11.6 Å². The summed E-state index contributed by atoms with van der Waals surface area (Å²) in [5.41, 5.74) is 2.95. The van der Waals surface area contributed by atoms with Crippen molar-refractivity contribution in [2.24, 2.45) is 0 Å². The summed E-state index contributed by atoms with van der Waals surface area (Å²) in [7, 11) is -3.65. The van der Waals surface area contributed by atoms with Crippen LogP contribution in [0.5, 0.6) is 0 Å². The molecule has 162 valence electrons. The van der Waals surface area contributed by atoms with E-state index >= 15 is 0 Å². The number of halogens is 1. The summed E-state index contributed by atoms with van der Waals surface area (Å²) in [6.45, 7) is 4.64. The van der Waals surface area contributed by atoms with Crippen LogP contribution < -0.4 is 5.32 Å². The van der Waals surface area contributed by atoms with Crippen LogP contribution in [0.4, 0.5) is 5.69 Å². The van der Waals surface area contributed by atoms with Gasteiger partial charge in [-0.25, -0.2) is 13.1 Å². The highest BCUT2D eigenvalue weighted by molar-refractivity contribution is 7.89. The first-order valence-electron chi connectivity index (χ1n) is 10.0. The zero-order chi connectivity index (χ0) is 22.2. The van der Waals surface area contributed by atoms with Crippen molar-refractivity contribution in [3.05, 3.63) is 70.5 Å². The van der Waals surface area contributed by atoms with Crippen LogP contribution in [0.2, 0.25) is 5.02 Å². The van der Waals surface area contributed by atoms with Crippen molar-refractivity contribution < 1.29 is 13.2 Å². The van der Waals surface area contributed by atoms with E-state index in [0.717, 1.165) is 24.2 Å². The molecule has 0 spiro atoms. The lowest BCUT2D eigenvalue weighted by Gasteiger charge is -2.16. The zero-order valence-electron chi connectivity index (χ0n) is 17.3. The van der Waals surface area contributed by atoms with Gasteiger partial charge >= 0.3 is 0 Å². The van der Waals surface area contributed by atoms with E-state index in [0.29, 0.717) is 24.5 Å². The van der Waals surface area contributed by atoms with Gasteiger partial charge in [-0.15, -0.1) is 0 Å². The average Bonchev–Trinajstić information content (AvgIpc) is 3.39. The fourth-order valence-electron chi connectivity index (χ4n) is 3.74. The lowest BCUT2D eigenvalue weighted by molar-refractivity contribution is 0.102. The molecule has 0 bridgehead atoms. The molecule has 31 heavy (non-hydrogen) atoms. The first-order valence-corrected chi connectivity index (χ1v) is 11.8. The molecule has 2 aromatic carbocycles. The molecule has 0 saturated carbocycles. The van der Waals surface area contributed by atoms with Gasteiger partial charge in [-0.2, -0.15) is 9.40 Å². The molecule has 1 fully saturated rings. The molecule has 1 aliphatic rings. The molecule has 1 N–H and O–H groups in total. The van der Waals surface area contributed by atoms with Crippen molar-refractivity contribution in [2.45, 2.75) is 31.6 Å². The van der Waals surface area contributed by atoms with Gasteiger partial charge < -0.3 is 5.32 Å². The highest BCUT2D eigenvalue weighted by Crippen LogP contribution is 2.28. The summed E-state index contributed by atoms with van der Waals surface area (Å²) < 4.78 is 29.0. The number of aromatic nitrogens is 2. The third-order valence-corrected chi connectivity index (χ3v) is 7.64. The summed E-state index contributed by atoms with van der Waals surface area (Å²) in [5.74, 6) is -0.484. The fraction of sp³-hybridized carbons (Fsp3) is 0.273. The fourth-order valence-corrected chi connectivity index (χ4v) is 5.49. The van der Waals surface area contributed by atoms with Crippen LogP contribution in [0.3, 0.4) is 0 Å². The molecule has 0 aliphatic carbocycles. The predicted octanol–water partition coefficient (Wildman–Crippen LogP) is 4.18. The van der Waals surface area contributed by atoms with E-state index in [1.165, 1.54) is 22.5 Å². The second-order valence-corrected chi connectivity index (χ2v) is 9.85. The van der Waals surface area contributed by atoms with E-state index in [1.54, 1.807) is 11.6 Å². The molecule has 3 aromatic rings. The van der Waals surface area contributed by atoms with Crippen LogP contribution in [0.15, 0.2) is 53.4 Å². The van der Waals surface area contributed by atoms with Gasteiger partial charge in [0.15, 0.2) is 0 Å². The third kappa shape index (κ3) is 4.11. The van der Waals surface area contributed by atoms with E-state index in [-0.39, 0.29) is 15.5 Å². The Morgan fingerprint density at radius 2 is 1.74 bits per heavy atom. The maximum Gasteiger partial charge on any atom is 0.257 e. The van der Waals surface area contributed by atoms with Gasteiger partial charge in [-0.3, -0.25) is 4.79 Å². The molecule has 4 rings (SSSR count). The Bertz CT molecular complexity index is 1230. The van der Waals surface area contributed by atoms with Gasteiger partial charge in [0.2, 0.25) is 10.0 Å². The molecule has 9 heteroatoms. The summed E-state index contributed by atoms with van der Waals surface area (Å²) in [6, 6.07) is 13.8. The number of nitrogens with zero attached hydrogens (tertiary/aromatic N) is 3. The second kappa shape index (κ2) is 8.45. The van der Waals surface area contributed by atoms with E-state index < -0.39 is 15.9 Å². The largest absolute Gasteiger partial charge is 0.319 e. The Kier molecular flexibility index (Phi) is 5.88. The number of hydrogen-bond acceptors (Lipinski definition) is 4. The molecule has 0 unspecified atom stereocenters. The molecular weight excluding hydrogens is 436 g/mol. The number of hydrogen-bond donors (Lipinski definition) is 1. The van der Waals surface area contributed by atoms with Crippen molar-refractivity contribution in [3.8, 4) is 5.69 Å². The van der Waals surface area contributed by atoms with Crippen LogP contribution in [0.1, 0.15) is 34.6 Å². The number of nitrogens with one attached hydrogen (secondary N) is 1. The van der Waals surface area contributed by atoms with Gasteiger partial charge in [-0.05, 0) is 57.0 Å². The van der Waals surface area contributed by atoms with Gasteiger partial charge in [0.25, 0.3) is 5.91 Å². The van der Waals surface area contributed by atoms with E-state index in [2.05, 4.69) is 10.4 Å². The van der Waals surface area contributed by atoms with Crippen molar-refractivity contribution in [1.82, 2.24) is 14.1 Å². The van der Waals surface area contributed by atoms with Crippen LogP contribution in [-0.2, 0) is 10.0 Å². The van der Waals surface area contributed by atoms with Gasteiger partial charge in [0, 0.05) is 13.1 Å². The highest BCUT2D eigenvalue weighted by atomic mass is 35.5. The normalized spacial score (nSPS) is 14.7. The predicted molar refractivity (Wildman–Crippen MR) is 120 cm³/mol. The van der Waals surface area contributed by atoms with E-state index in [9.17, 15) is 13.2 Å². The Labute approximate surface area is 186 Å². The monoisotopic (exact) mass is 458 g/mol. The Morgan fingerprint density at radius 3 is 2.42 bits per heavy atom. The molecule has 7 nitrogen and oxygen atoms in total. The highest BCUT2D eigenvalue weighted by Gasteiger charge is 2.28. The standard InChI is InChI=1S/C22H23ClN4O3S/c1-15-21(16(2)27(25-15)17-8-4-3-5-9-17)24-22(28)19-14-18(10-11-20(19)23)31(29,30)26-12-6-7-13-26/h3-5,8-11,14H,6-7,12-13H2,1-2H3,(H,24,28). The minimum atomic E-state index is -3.65. The lowest BCUT2D eigenvalue weighted by Crippen LogP contribution is -2.28. The summed E-state index contributed by atoms with van der Waals surface area (Å²) in [4.78, 5) is 13.1. The molecule has 1 saturated heterocycles. The number of sulfonamides is 1. The van der Waals surface area contributed by atoms with Crippen molar-refractivity contribution in [3.63, 3.8) is 0 Å². The first-order chi connectivity index (χ1) is 14.8. The maximum atomic E-state index is 13.0. The molecule has 0 radical (unpaired) electrons. The van der Waals surface area contributed by atoms with Gasteiger partial charge in [0.05, 0.1) is 38.2 Å². The van der Waals surface area contributed by atoms with Crippen LogP contribution in [-0.4, -0.2) is 41.5 Å². The quantitative estimate of drug-likeness (QED) is 0.621. The molecule has 1 aliphatic heterocycles. The first kappa shape index (κ1) is 21.5. The van der Waals surface area contributed by atoms with Gasteiger partial charge in [-0.1, -0.05) is 29.8 Å². The maximum absolute atomic E-state index is 13.0. The second-order valence-electron chi connectivity index (χ2n) is 7.50. The number of benzene rings is 2. The number of aryl methyl sites for hydroxylation is 1. The Morgan fingerprint density at radius 1 is 1.06 bits per heavy atom. The molecular formula is C22H23ClN4O3S. The van der Waals surface area contributed by atoms with Crippen molar-refractivity contribution in [2.75, 3.05) is 18.4 Å². The minimum Gasteiger partial charge on any atom is -0.319 e. The van der Waals surface area contributed by atoms with Crippen LogP contribution in [0, 0.1) is 13.8 Å². The Hall–Kier alpha value is -2.68. The number of rotatable bonds is 5. The topological polar surface area (TPSA) is 84.3 Å². The molecule has 1 aromatic heterocycles. The molecule has 0 atom stereocenters. The van der Waals surface area contributed by atoms with Gasteiger partial charge in [0.1, 0.15) is 0 Å². The summed E-state index contributed by atoms with van der Waals surface area (Å²) in [6.07, 6.45) is 1.67. The SMILES string of the molecule is Cc1nn(-c2ccccc2)c(C)c1NC(=O)c1cc(S(=O)(=O)N2CCCC2)ccc1Cl.